The van der Waals surface area contributed by atoms with Crippen LogP contribution in [0.1, 0.15) is 105 Å². The summed E-state index contributed by atoms with van der Waals surface area (Å²) in [6, 6.07) is 32.3. The van der Waals surface area contributed by atoms with E-state index in [-0.39, 0.29) is 72.5 Å². The first-order valence-electron chi connectivity index (χ1n) is 23.6. The monoisotopic (exact) mass is 921 g/mol. The van der Waals surface area contributed by atoms with E-state index in [0.717, 1.165) is 86.1 Å². The second-order valence-corrected chi connectivity index (χ2v) is 19.3. The second-order valence-electron chi connectivity index (χ2n) is 18.9. The molecule has 2 fully saturated rings. The number of nitrogens with one attached hydrogen (secondary N) is 4. The van der Waals surface area contributed by atoms with Gasteiger partial charge < -0.3 is 35.8 Å². The van der Waals surface area contributed by atoms with Crippen molar-refractivity contribution in [3.63, 3.8) is 0 Å². The molecule has 2 aliphatic rings. The molecule has 4 aromatic carbocycles. The smallest absolute Gasteiger partial charge is 0.224 e. The van der Waals surface area contributed by atoms with Gasteiger partial charge in [-0.3, -0.25) is 19.2 Å². The second kappa shape index (κ2) is 25.1. The summed E-state index contributed by atoms with van der Waals surface area (Å²) < 4.78 is 5.12. The predicted molar refractivity (Wildman–Crippen MR) is 267 cm³/mol. The summed E-state index contributed by atoms with van der Waals surface area (Å²) in [5, 5.41) is 12.8. The van der Waals surface area contributed by atoms with E-state index in [4.69, 9.17) is 16.3 Å². The highest BCUT2D eigenvalue weighted by atomic mass is 35.5. The molecule has 0 aliphatic heterocycles. The molecule has 2 saturated carbocycles. The number of anilines is 1. The zero-order valence-electron chi connectivity index (χ0n) is 40.3. The Bertz CT molecular complexity index is 2190. The quantitative estimate of drug-likeness (QED) is 0.0784. The first-order chi connectivity index (χ1) is 31.6. The van der Waals surface area contributed by atoms with E-state index in [2.05, 4.69) is 96.5 Å². The van der Waals surface area contributed by atoms with Crippen LogP contribution in [-0.4, -0.2) is 91.9 Å². The van der Waals surface area contributed by atoms with E-state index >= 15 is 0 Å². The minimum absolute atomic E-state index is 0.0433. The Labute approximate surface area is 398 Å². The Morgan fingerprint density at radius 2 is 1.12 bits per heavy atom. The third kappa shape index (κ3) is 16.0. The summed E-state index contributed by atoms with van der Waals surface area (Å²) in [6.45, 7) is 4.66. The molecular formula is C54H73ClN6O5. The van der Waals surface area contributed by atoms with Crippen molar-refractivity contribution < 1.29 is 23.9 Å². The molecule has 0 aromatic heterocycles. The fourth-order valence-corrected chi connectivity index (χ4v) is 9.65. The number of hydrogen-bond acceptors (Lipinski definition) is 7. The summed E-state index contributed by atoms with van der Waals surface area (Å²) in [7, 11) is 10.2. The molecule has 12 heteroatoms. The van der Waals surface area contributed by atoms with Crippen LogP contribution in [0.15, 0.2) is 97.1 Å². The lowest BCUT2D eigenvalue weighted by Crippen LogP contribution is -2.52. The van der Waals surface area contributed by atoms with Crippen molar-refractivity contribution in [3.8, 4) is 5.75 Å². The molecule has 0 atom stereocenters. The standard InChI is InChI=1S/C27H36ClN3O2.C27H37N3O3/c1-20-7-4-5-9-22(20)19-29-25(32)11-12-26(33)30-24-13-15-27(16-14-24,31(2)3)18-21-8-6-10-23(28)17-21;1-20-6-5-7-21(18-20)19-27(30(2)3)16-14-23(15-17-27)29-26(32)13-12-25(31)28-22-8-10-24(33-4)11-9-22/h4-10,17,24H,11-16,18-19H2,1-3H3,(H,29,32)(H,30,33);5-11,18,23H,12-17,19H2,1-4H3,(H,28,31)(H,29,32). The fraction of sp³-hybridized carbons (Fsp3) is 0.481. The molecule has 0 bridgehead atoms. The van der Waals surface area contributed by atoms with Crippen LogP contribution >= 0.6 is 11.6 Å². The number of ether oxygens (including phenoxy) is 1. The molecule has 2 aliphatic carbocycles. The Morgan fingerprint density at radius 1 is 0.621 bits per heavy atom. The molecule has 0 spiro atoms. The predicted octanol–water partition coefficient (Wildman–Crippen LogP) is 8.97. The van der Waals surface area contributed by atoms with Crippen LogP contribution in [-0.2, 0) is 38.6 Å². The largest absolute Gasteiger partial charge is 0.497 e. The number of hydrogen-bond donors (Lipinski definition) is 4. The van der Waals surface area contributed by atoms with Gasteiger partial charge in [0.1, 0.15) is 5.75 Å². The van der Waals surface area contributed by atoms with Crippen molar-refractivity contribution in [1.29, 1.82) is 0 Å². The SMILES string of the molecule is COc1ccc(NC(=O)CCC(=O)NC2CCC(Cc3cccc(C)c3)(N(C)C)CC2)cc1.Cc1ccccc1CNC(=O)CCC(=O)NC1CCC(Cc2cccc(Cl)c2)(N(C)C)CC1. The number of methoxy groups -OCH3 is 1. The van der Waals surface area contributed by atoms with Crippen LogP contribution in [0, 0.1) is 13.8 Å². The first-order valence-corrected chi connectivity index (χ1v) is 23.9. The Hall–Kier alpha value is -5.23. The molecular weight excluding hydrogens is 848 g/mol. The average molecular weight is 922 g/mol. The van der Waals surface area contributed by atoms with Crippen LogP contribution in [0.25, 0.3) is 0 Å². The number of halogens is 1. The van der Waals surface area contributed by atoms with E-state index in [1.807, 2.05) is 49.4 Å². The summed E-state index contributed by atoms with van der Waals surface area (Å²) in [5.41, 5.74) is 7.04. The van der Waals surface area contributed by atoms with Gasteiger partial charge >= 0.3 is 0 Å². The van der Waals surface area contributed by atoms with Gasteiger partial charge in [0.15, 0.2) is 0 Å². The Balaban J connectivity index is 0.000000247. The number of amides is 4. The summed E-state index contributed by atoms with van der Waals surface area (Å²) in [6.07, 6.45) is 10.6. The highest BCUT2D eigenvalue weighted by molar-refractivity contribution is 6.30. The molecule has 4 amide bonds. The molecule has 4 aromatic rings. The van der Waals surface area contributed by atoms with E-state index in [0.29, 0.717) is 12.2 Å². The van der Waals surface area contributed by atoms with Gasteiger partial charge in [-0.15, -0.1) is 0 Å². The number of aryl methyl sites for hydroxylation is 2. The van der Waals surface area contributed by atoms with Crippen molar-refractivity contribution >= 4 is 40.9 Å². The minimum atomic E-state index is -0.163. The number of benzene rings is 4. The van der Waals surface area contributed by atoms with Crippen LogP contribution in [0.5, 0.6) is 5.75 Å². The van der Waals surface area contributed by atoms with Gasteiger partial charge in [-0.25, -0.2) is 0 Å². The lowest BCUT2D eigenvalue weighted by atomic mass is 9.74. The third-order valence-corrected chi connectivity index (χ3v) is 14.0. The van der Waals surface area contributed by atoms with Gasteiger partial charge in [-0.05, 0) is 165 Å². The van der Waals surface area contributed by atoms with Crippen molar-refractivity contribution in [2.45, 2.75) is 133 Å². The minimum Gasteiger partial charge on any atom is -0.497 e. The van der Waals surface area contributed by atoms with Crippen LogP contribution in [0.4, 0.5) is 5.69 Å². The summed E-state index contributed by atoms with van der Waals surface area (Å²) in [5.74, 6) is 0.380. The molecule has 6 rings (SSSR count). The third-order valence-electron chi connectivity index (χ3n) is 13.8. The van der Waals surface area contributed by atoms with E-state index in [1.165, 1.54) is 16.7 Å². The average Bonchev–Trinajstić information content (AvgIpc) is 3.29. The topological polar surface area (TPSA) is 132 Å². The Morgan fingerprint density at radius 3 is 1.62 bits per heavy atom. The Kier molecular flexibility index (Phi) is 19.6. The maximum atomic E-state index is 12.5. The molecule has 0 heterocycles. The van der Waals surface area contributed by atoms with Crippen LogP contribution in [0.2, 0.25) is 5.02 Å². The van der Waals surface area contributed by atoms with Gasteiger partial charge in [0.05, 0.1) is 7.11 Å². The maximum Gasteiger partial charge on any atom is 0.224 e. The first kappa shape index (κ1) is 51.7. The van der Waals surface area contributed by atoms with Crippen LogP contribution < -0.4 is 26.0 Å². The normalized spacial score (nSPS) is 20.4. The number of carbonyl (C=O) groups excluding carboxylic acids is 4. The maximum absolute atomic E-state index is 12.5. The lowest BCUT2D eigenvalue weighted by molar-refractivity contribution is -0.127. The van der Waals surface area contributed by atoms with Crippen molar-refractivity contribution in [2.75, 3.05) is 40.6 Å². The number of likely N-dealkylation sites (N-methyl/N-ethyl adjacent to an activating group) is 2. The number of rotatable bonds is 18. The number of carbonyl (C=O) groups is 4. The van der Waals surface area contributed by atoms with Gasteiger partial charge in [0.2, 0.25) is 23.6 Å². The highest BCUT2D eigenvalue weighted by Crippen LogP contribution is 2.37. The highest BCUT2D eigenvalue weighted by Gasteiger charge is 2.39. The zero-order valence-corrected chi connectivity index (χ0v) is 41.1. The van der Waals surface area contributed by atoms with E-state index in [1.54, 1.807) is 31.4 Å². The number of nitrogens with zero attached hydrogens (tertiary/aromatic N) is 2. The van der Waals surface area contributed by atoms with E-state index in [9.17, 15) is 19.2 Å². The molecule has 0 saturated heterocycles. The molecule has 4 N–H and O–H groups in total. The van der Waals surface area contributed by atoms with Crippen molar-refractivity contribution in [2.24, 2.45) is 0 Å². The summed E-state index contributed by atoms with van der Waals surface area (Å²) in [4.78, 5) is 54.0. The molecule has 66 heavy (non-hydrogen) atoms. The lowest BCUT2D eigenvalue weighted by Gasteiger charge is -2.45. The zero-order chi connectivity index (χ0) is 47.7. The van der Waals surface area contributed by atoms with Crippen molar-refractivity contribution in [3.05, 3.63) is 130 Å². The van der Waals surface area contributed by atoms with Crippen LogP contribution in [0.3, 0.4) is 0 Å². The fourth-order valence-electron chi connectivity index (χ4n) is 9.43. The molecule has 0 unspecified atom stereocenters. The summed E-state index contributed by atoms with van der Waals surface area (Å²) >= 11 is 6.19. The molecule has 0 radical (unpaired) electrons. The van der Waals surface area contributed by atoms with Gasteiger partial charge in [0, 0.05) is 66.1 Å². The molecule has 11 nitrogen and oxygen atoms in total. The van der Waals surface area contributed by atoms with Gasteiger partial charge in [-0.1, -0.05) is 77.8 Å². The van der Waals surface area contributed by atoms with Gasteiger partial charge in [-0.2, -0.15) is 0 Å². The van der Waals surface area contributed by atoms with Crippen molar-refractivity contribution in [1.82, 2.24) is 25.8 Å². The van der Waals surface area contributed by atoms with Gasteiger partial charge in [0.25, 0.3) is 0 Å². The van der Waals surface area contributed by atoms with E-state index < -0.39 is 0 Å². The molecule has 356 valence electrons.